The second kappa shape index (κ2) is 5.41. The average Bonchev–Trinajstić information content (AvgIpc) is 2.88. The van der Waals surface area contributed by atoms with E-state index in [-0.39, 0.29) is 11.7 Å². The molecule has 3 aromatic rings. The van der Waals surface area contributed by atoms with Gasteiger partial charge < -0.3 is 4.42 Å². The molecule has 3 heteroatoms. The fourth-order valence-corrected chi connectivity index (χ4v) is 2.79. The van der Waals surface area contributed by atoms with Gasteiger partial charge in [-0.05, 0) is 48.2 Å². The minimum Gasteiger partial charge on any atom is -0.455 e. The van der Waals surface area contributed by atoms with Gasteiger partial charge in [-0.1, -0.05) is 26.0 Å². The lowest BCUT2D eigenvalue weighted by Crippen LogP contribution is -1.92. The SMILES string of the molecule is Cc1ccc(C(C)C)c2c(C=O)c(-c3ccc(F)cc3)oc12. The summed E-state index contributed by atoms with van der Waals surface area (Å²) in [6.07, 6.45) is 0.829. The average molecular weight is 296 g/mol. The van der Waals surface area contributed by atoms with Crippen LogP contribution in [0, 0.1) is 12.7 Å². The summed E-state index contributed by atoms with van der Waals surface area (Å²) in [6.45, 7) is 6.13. The third-order valence-corrected chi connectivity index (χ3v) is 3.95. The molecular formula is C19H17FO2. The highest BCUT2D eigenvalue weighted by molar-refractivity contribution is 6.05. The van der Waals surface area contributed by atoms with E-state index in [0.717, 1.165) is 28.4 Å². The molecule has 1 heterocycles. The molecular weight excluding hydrogens is 279 g/mol. The van der Waals surface area contributed by atoms with Crippen molar-refractivity contribution < 1.29 is 13.6 Å². The molecule has 0 N–H and O–H groups in total. The second-order valence-corrected chi connectivity index (χ2v) is 5.80. The maximum Gasteiger partial charge on any atom is 0.154 e. The Kier molecular flexibility index (Phi) is 3.57. The summed E-state index contributed by atoms with van der Waals surface area (Å²) < 4.78 is 19.1. The van der Waals surface area contributed by atoms with Crippen molar-refractivity contribution in [3.05, 3.63) is 58.9 Å². The normalized spacial score (nSPS) is 11.3. The number of carbonyl (C=O) groups excluding carboxylic acids is 1. The molecule has 0 radical (unpaired) electrons. The van der Waals surface area contributed by atoms with Crippen molar-refractivity contribution in [2.75, 3.05) is 0 Å². The first-order chi connectivity index (χ1) is 10.5. The van der Waals surface area contributed by atoms with E-state index in [1.807, 2.05) is 19.1 Å². The Balaban J connectivity index is 2.37. The van der Waals surface area contributed by atoms with Crippen LogP contribution >= 0.6 is 0 Å². The van der Waals surface area contributed by atoms with Crippen LogP contribution in [0.2, 0.25) is 0 Å². The summed E-state index contributed by atoms with van der Waals surface area (Å²) in [5.74, 6) is 0.466. The molecule has 2 nitrogen and oxygen atoms in total. The Hall–Kier alpha value is -2.42. The van der Waals surface area contributed by atoms with Gasteiger partial charge in [-0.3, -0.25) is 4.79 Å². The minimum atomic E-state index is -0.313. The molecule has 3 rings (SSSR count). The van der Waals surface area contributed by atoms with Crippen molar-refractivity contribution in [1.82, 2.24) is 0 Å². The monoisotopic (exact) mass is 296 g/mol. The first kappa shape index (κ1) is 14.5. The van der Waals surface area contributed by atoms with Crippen LogP contribution in [0.15, 0.2) is 40.8 Å². The molecule has 0 amide bonds. The predicted molar refractivity (Wildman–Crippen MR) is 85.8 cm³/mol. The molecule has 1 aromatic heterocycles. The van der Waals surface area contributed by atoms with Crippen molar-refractivity contribution >= 4 is 17.3 Å². The zero-order valence-corrected chi connectivity index (χ0v) is 12.8. The zero-order chi connectivity index (χ0) is 15.9. The van der Waals surface area contributed by atoms with Crippen LogP contribution in [0.3, 0.4) is 0 Å². The van der Waals surface area contributed by atoms with Crippen LogP contribution in [0.25, 0.3) is 22.3 Å². The number of aldehydes is 1. The Morgan fingerprint density at radius 2 is 1.77 bits per heavy atom. The maximum atomic E-state index is 13.1. The highest BCUT2D eigenvalue weighted by Crippen LogP contribution is 2.38. The van der Waals surface area contributed by atoms with Crippen LogP contribution < -0.4 is 0 Å². The van der Waals surface area contributed by atoms with Gasteiger partial charge in [-0.2, -0.15) is 0 Å². The lowest BCUT2D eigenvalue weighted by atomic mass is 9.94. The number of hydrogen-bond acceptors (Lipinski definition) is 2. The van der Waals surface area contributed by atoms with Gasteiger partial charge in [0.05, 0.1) is 5.56 Å². The highest BCUT2D eigenvalue weighted by atomic mass is 19.1. The largest absolute Gasteiger partial charge is 0.455 e. The van der Waals surface area contributed by atoms with Gasteiger partial charge in [-0.25, -0.2) is 4.39 Å². The summed E-state index contributed by atoms with van der Waals surface area (Å²) in [6, 6.07) is 10.0. The smallest absolute Gasteiger partial charge is 0.154 e. The lowest BCUT2D eigenvalue weighted by molar-refractivity contribution is 0.112. The number of rotatable bonds is 3. The summed E-state index contributed by atoms with van der Waals surface area (Å²) in [7, 11) is 0. The molecule has 2 aromatic carbocycles. The van der Waals surface area contributed by atoms with E-state index in [1.165, 1.54) is 12.1 Å². The standard InChI is InChI=1S/C19H17FO2/c1-11(2)15-9-4-12(3)18-17(15)16(10-21)19(22-18)13-5-7-14(20)8-6-13/h4-11H,1-3H3. The molecule has 0 saturated heterocycles. The second-order valence-electron chi connectivity index (χ2n) is 5.80. The van der Waals surface area contributed by atoms with E-state index in [4.69, 9.17) is 4.42 Å². The number of benzene rings is 2. The molecule has 0 aliphatic carbocycles. The molecule has 0 saturated carbocycles. The van der Waals surface area contributed by atoms with Crippen molar-refractivity contribution in [3.63, 3.8) is 0 Å². The first-order valence-corrected chi connectivity index (χ1v) is 7.30. The van der Waals surface area contributed by atoms with Gasteiger partial charge in [0.15, 0.2) is 6.29 Å². The van der Waals surface area contributed by atoms with Gasteiger partial charge in [0.1, 0.15) is 17.2 Å². The topological polar surface area (TPSA) is 30.2 Å². The van der Waals surface area contributed by atoms with Crippen molar-refractivity contribution in [2.45, 2.75) is 26.7 Å². The van der Waals surface area contributed by atoms with Gasteiger partial charge in [-0.15, -0.1) is 0 Å². The summed E-state index contributed by atoms with van der Waals surface area (Å²) >= 11 is 0. The third kappa shape index (κ3) is 2.23. The van der Waals surface area contributed by atoms with Crippen molar-refractivity contribution in [2.24, 2.45) is 0 Å². The fraction of sp³-hybridized carbons (Fsp3) is 0.211. The Morgan fingerprint density at radius 1 is 1.09 bits per heavy atom. The molecule has 0 aliphatic heterocycles. The minimum absolute atomic E-state index is 0.278. The lowest BCUT2D eigenvalue weighted by Gasteiger charge is -2.08. The number of furan rings is 1. The maximum absolute atomic E-state index is 13.1. The van der Waals surface area contributed by atoms with Gasteiger partial charge in [0.25, 0.3) is 0 Å². The van der Waals surface area contributed by atoms with E-state index in [2.05, 4.69) is 13.8 Å². The van der Waals surface area contributed by atoms with E-state index >= 15 is 0 Å². The molecule has 0 bridgehead atoms. The van der Waals surface area contributed by atoms with Crippen molar-refractivity contribution in [3.8, 4) is 11.3 Å². The number of hydrogen-bond donors (Lipinski definition) is 0. The quantitative estimate of drug-likeness (QED) is 0.599. The highest BCUT2D eigenvalue weighted by Gasteiger charge is 2.20. The van der Waals surface area contributed by atoms with E-state index in [9.17, 15) is 9.18 Å². The van der Waals surface area contributed by atoms with Gasteiger partial charge >= 0.3 is 0 Å². The number of carbonyl (C=O) groups is 1. The summed E-state index contributed by atoms with van der Waals surface area (Å²) in [5.41, 5.74) is 4.03. The van der Waals surface area contributed by atoms with E-state index < -0.39 is 0 Å². The Labute approximate surface area is 128 Å². The molecule has 0 aliphatic rings. The number of aryl methyl sites for hydroxylation is 1. The van der Waals surface area contributed by atoms with E-state index in [0.29, 0.717) is 16.9 Å². The number of fused-ring (bicyclic) bond motifs is 1. The molecule has 0 atom stereocenters. The van der Waals surface area contributed by atoms with Crippen LogP contribution in [0.1, 0.15) is 41.3 Å². The van der Waals surface area contributed by atoms with Gasteiger partial charge in [0.2, 0.25) is 0 Å². The molecule has 0 spiro atoms. The van der Waals surface area contributed by atoms with Crippen LogP contribution in [0.5, 0.6) is 0 Å². The molecule has 22 heavy (non-hydrogen) atoms. The van der Waals surface area contributed by atoms with E-state index in [1.54, 1.807) is 12.1 Å². The third-order valence-electron chi connectivity index (χ3n) is 3.95. The van der Waals surface area contributed by atoms with Crippen LogP contribution in [-0.2, 0) is 0 Å². The summed E-state index contributed by atoms with van der Waals surface area (Å²) in [5, 5.41) is 0.865. The molecule has 0 fully saturated rings. The fourth-order valence-electron chi connectivity index (χ4n) is 2.79. The predicted octanol–water partition coefficient (Wildman–Crippen LogP) is 5.48. The van der Waals surface area contributed by atoms with Crippen LogP contribution in [-0.4, -0.2) is 6.29 Å². The number of halogens is 1. The summed E-state index contributed by atoms with van der Waals surface area (Å²) in [4.78, 5) is 11.7. The first-order valence-electron chi connectivity index (χ1n) is 7.30. The Bertz CT molecular complexity index is 842. The molecule has 0 unspecified atom stereocenters. The molecule has 112 valence electrons. The van der Waals surface area contributed by atoms with Crippen molar-refractivity contribution in [1.29, 1.82) is 0 Å². The van der Waals surface area contributed by atoms with Crippen LogP contribution in [0.4, 0.5) is 4.39 Å². The van der Waals surface area contributed by atoms with Gasteiger partial charge in [0, 0.05) is 10.9 Å². The Morgan fingerprint density at radius 3 is 2.36 bits per heavy atom. The zero-order valence-electron chi connectivity index (χ0n) is 12.8.